The van der Waals surface area contributed by atoms with Gasteiger partial charge in [-0.25, -0.2) is 0 Å². The van der Waals surface area contributed by atoms with Gasteiger partial charge in [0.1, 0.15) is 12.1 Å². The van der Waals surface area contributed by atoms with Crippen molar-refractivity contribution in [2.75, 3.05) is 52.9 Å². The number of likely N-dealkylation sites (tertiary alicyclic amines) is 1. The van der Waals surface area contributed by atoms with Crippen LogP contribution in [-0.2, 0) is 11.3 Å². The van der Waals surface area contributed by atoms with Crippen LogP contribution in [0.2, 0.25) is 0 Å². The van der Waals surface area contributed by atoms with E-state index in [0.29, 0.717) is 6.54 Å². The van der Waals surface area contributed by atoms with Gasteiger partial charge in [-0.05, 0) is 44.4 Å². The highest BCUT2D eigenvalue weighted by Gasteiger charge is 2.25. The molecular formula is C20H30N6O. The van der Waals surface area contributed by atoms with E-state index in [4.69, 9.17) is 0 Å². The average Bonchev–Trinajstić information content (AvgIpc) is 3.00. The first-order chi connectivity index (χ1) is 13.1. The molecule has 2 fully saturated rings. The van der Waals surface area contributed by atoms with Gasteiger partial charge >= 0.3 is 0 Å². The minimum atomic E-state index is 0.210. The Hall–Kier alpha value is -1.99. The molecule has 0 bridgehead atoms. The number of aromatic nitrogens is 3. The predicted molar refractivity (Wildman–Crippen MR) is 106 cm³/mol. The highest BCUT2D eigenvalue weighted by Crippen LogP contribution is 2.21. The number of carbonyl (C=O) groups is 1. The summed E-state index contributed by atoms with van der Waals surface area (Å²) >= 11 is 0. The van der Waals surface area contributed by atoms with Gasteiger partial charge in [-0.15, -0.1) is 5.10 Å². The SMILES string of the molecule is Cc1cn(CC(=O)N2CCC(CN3CCN(C)CC3)CC2)c2ccnnc12. The van der Waals surface area contributed by atoms with E-state index >= 15 is 0 Å². The summed E-state index contributed by atoms with van der Waals surface area (Å²) in [6, 6.07) is 1.94. The van der Waals surface area contributed by atoms with E-state index in [1.165, 1.54) is 32.7 Å². The molecule has 0 spiro atoms. The van der Waals surface area contributed by atoms with Crippen LogP contribution in [0.4, 0.5) is 0 Å². The molecule has 7 nitrogen and oxygen atoms in total. The van der Waals surface area contributed by atoms with Crippen molar-refractivity contribution in [3.63, 3.8) is 0 Å². The van der Waals surface area contributed by atoms with Crippen LogP contribution in [0, 0.1) is 12.8 Å². The van der Waals surface area contributed by atoms with Crippen molar-refractivity contribution >= 4 is 16.9 Å². The number of carbonyl (C=O) groups excluding carboxylic acids is 1. The summed E-state index contributed by atoms with van der Waals surface area (Å²) in [4.78, 5) is 19.8. The molecule has 0 aromatic carbocycles. The van der Waals surface area contributed by atoms with E-state index in [2.05, 4.69) is 27.0 Å². The third kappa shape index (κ3) is 4.14. The van der Waals surface area contributed by atoms with Crippen molar-refractivity contribution < 1.29 is 4.79 Å². The summed E-state index contributed by atoms with van der Waals surface area (Å²) < 4.78 is 2.01. The summed E-state index contributed by atoms with van der Waals surface area (Å²) in [5.41, 5.74) is 2.94. The Morgan fingerprint density at radius 3 is 2.63 bits per heavy atom. The van der Waals surface area contributed by atoms with Gasteiger partial charge in [0, 0.05) is 52.0 Å². The fraction of sp³-hybridized carbons (Fsp3) is 0.650. The predicted octanol–water partition coefficient (Wildman–Crippen LogP) is 1.23. The third-order valence-corrected chi connectivity index (χ3v) is 6.12. The lowest BCUT2D eigenvalue weighted by molar-refractivity contribution is -0.133. The van der Waals surface area contributed by atoms with Crippen molar-refractivity contribution in [3.8, 4) is 0 Å². The van der Waals surface area contributed by atoms with Gasteiger partial charge in [-0.3, -0.25) is 4.79 Å². The van der Waals surface area contributed by atoms with Crippen molar-refractivity contribution in [3.05, 3.63) is 24.0 Å². The fourth-order valence-corrected chi connectivity index (χ4v) is 4.34. The summed E-state index contributed by atoms with van der Waals surface area (Å²) in [6.07, 6.45) is 5.94. The Kier molecular flexibility index (Phi) is 5.41. The van der Waals surface area contributed by atoms with Crippen molar-refractivity contribution in [1.29, 1.82) is 0 Å². The van der Waals surface area contributed by atoms with Crippen LogP contribution in [0.25, 0.3) is 11.0 Å². The summed E-state index contributed by atoms with van der Waals surface area (Å²) in [7, 11) is 2.20. The van der Waals surface area contributed by atoms with Crippen molar-refractivity contribution in [2.45, 2.75) is 26.3 Å². The molecule has 0 saturated carbocycles. The molecule has 0 N–H and O–H groups in total. The number of piperidine rings is 1. The Morgan fingerprint density at radius 2 is 1.89 bits per heavy atom. The topological polar surface area (TPSA) is 57.5 Å². The van der Waals surface area contributed by atoms with Crippen molar-refractivity contribution in [1.82, 2.24) is 29.5 Å². The van der Waals surface area contributed by atoms with E-state index in [0.717, 1.165) is 48.4 Å². The second kappa shape index (κ2) is 7.94. The number of piperazine rings is 1. The molecular weight excluding hydrogens is 340 g/mol. The zero-order valence-corrected chi connectivity index (χ0v) is 16.5. The zero-order valence-electron chi connectivity index (χ0n) is 16.5. The second-order valence-corrected chi connectivity index (χ2v) is 8.13. The summed E-state index contributed by atoms with van der Waals surface area (Å²) in [6.45, 7) is 10.1. The first-order valence-electron chi connectivity index (χ1n) is 10.1. The minimum Gasteiger partial charge on any atom is -0.341 e. The molecule has 146 valence electrons. The van der Waals surface area contributed by atoms with Gasteiger partial charge in [0.05, 0.1) is 11.7 Å². The Balaban J connectivity index is 1.29. The molecule has 4 heterocycles. The van der Waals surface area contributed by atoms with Crippen LogP contribution < -0.4 is 0 Å². The highest BCUT2D eigenvalue weighted by molar-refractivity contribution is 5.82. The molecule has 0 unspecified atom stereocenters. The Morgan fingerprint density at radius 1 is 1.15 bits per heavy atom. The van der Waals surface area contributed by atoms with Gasteiger partial charge in [-0.2, -0.15) is 5.10 Å². The fourth-order valence-electron chi connectivity index (χ4n) is 4.34. The minimum absolute atomic E-state index is 0.210. The normalized spacial score (nSPS) is 20.4. The molecule has 0 radical (unpaired) electrons. The van der Waals surface area contributed by atoms with Crippen LogP contribution in [0.15, 0.2) is 18.5 Å². The largest absolute Gasteiger partial charge is 0.341 e. The highest BCUT2D eigenvalue weighted by atomic mass is 16.2. The molecule has 0 aliphatic carbocycles. The number of amides is 1. The molecule has 1 amide bonds. The quantitative estimate of drug-likeness (QED) is 0.810. The first-order valence-corrected chi connectivity index (χ1v) is 10.1. The van der Waals surface area contributed by atoms with Crippen LogP contribution in [0.1, 0.15) is 18.4 Å². The Bertz CT molecular complexity index is 787. The standard InChI is InChI=1S/C20H30N6O/c1-16-13-26(18-3-6-21-22-20(16)18)15-19(27)25-7-4-17(5-8-25)14-24-11-9-23(2)10-12-24/h3,6,13,17H,4-5,7-12,14-15H2,1-2H3. The van der Waals surface area contributed by atoms with Crippen LogP contribution >= 0.6 is 0 Å². The molecule has 2 aromatic heterocycles. The van der Waals surface area contributed by atoms with E-state index in [1.807, 2.05) is 28.7 Å². The molecule has 2 saturated heterocycles. The average molecular weight is 371 g/mol. The smallest absolute Gasteiger partial charge is 0.242 e. The number of hydrogen-bond acceptors (Lipinski definition) is 5. The second-order valence-electron chi connectivity index (χ2n) is 8.13. The van der Waals surface area contributed by atoms with Gasteiger partial charge < -0.3 is 19.3 Å². The van der Waals surface area contributed by atoms with E-state index in [-0.39, 0.29) is 5.91 Å². The maximum absolute atomic E-state index is 12.8. The van der Waals surface area contributed by atoms with Gasteiger partial charge in [0.15, 0.2) is 0 Å². The van der Waals surface area contributed by atoms with Crippen LogP contribution in [0.5, 0.6) is 0 Å². The number of nitrogens with zero attached hydrogens (tertiary/aromatic N) is 6. The molecule has 4 rings (SSSR count). The van der Waals surface area contributed by atoms with E-state index in [9.17, 15) is 4.79 Å². The van der Waals surface area contributed by atoms with Crippen LogP contribution in [0.3, 0.4) is 0 Å². The zero-order chi connectivity index (χ0) is 18.8. The van der Waals surface area contributed by atoms with Crippen molar-refractivity contribution in [2.24, 2.45) is 5.92 Å². The number of likely N-dealkylation sites (N-methyl/N-ethyl adjacent to an activating group) is 1. The maximum Gasteiger partial charge on any atom is 0.242 e. The number of rotatable bonds is 4. The first kappa shape index (κ1) is 18.4. The Labute approximate surface area is 160 Å². The lowest BCUT2D eigenvalue weighted by Crippen LogP contribution is -2.48. The molecule has 2 aliphatic rings. The van der Waals surface area contributed by atoms with Crippen LogP contribution in [-0.4, -0.2) is 88.2 Å². The van der Waals surface area contributed by atoms with Gasteiger partial charge in [0.2, 0.25) is 5.91 Å². The monoisotopic (exact) mass is 370 g/mol. The number of fused-ring (bicyclic) bond motifs is 1. The summed E-state index contributed by atoms with van der Waals surface area (Å²) in [5, 5.41) is 8.14. The van der Waals surface area contributed by atoms with E-state index in [1.54, 1.807) is 6.20 Å². The number of hydrogen-bond donors (Lipinski definition) is 0. The van der Waals surface area contributed by atoms with E-state index < -0.39 is 0 Å². The summed E-state index contributed by atoms with van der Waals surface area (Å²) in [5.74, 6) is 0.934. The van der Waals surface area contributed by atoms with Gasteiger partial charge in [-0.1, -0.05) is 0 Å². The molecule has 2 aromatic rings. The molecule has 27 heavy (non-hydrogen) atoms. The lowest BCUT2D eigenvalue weighted by Gasteiger charge is -2.38. The molecule has 0 atom stereocenters. The third-order valence-electron chi connectivity index (χ3n) is 6.12. The lowest BCUT2D eigenvalue weighted by atomic mass is 9.96. The molecule has 2 aliphatic heterocycles. The number of aryl methyl sites for hydroxylation is 1. The maximum atomic E-state index is 12.8. The molecule has 7 heteroatoms. The van der Waals surface area contributed by atoms with Gasteiger partial charge in [0.25, 0.3) is 0 Å².